The van der Waals surface area contributed by atoms with Crippen molar-refractivity contribution >= 4 is 0 Å². The normalized spacial score (nSPS) is 25.0. The van der Waals surface area contributed by atoms with Gasteiger partial charge in [-0.3, -0.25) is 0 Å². The van der Waals surface area contributed by atoms with Gasteiger partial charge in [0.25, 0.3) is 0 Å². The van der Waals surface area contributed by atoms with E-state index >= 15 is 0 Å². The maximum atomic E-state index is 5.81. The van der Waals surface area contributed by atoms with E-state index in [4.69, 9.17) is 10.5 Å². The Morgan fingerprint density at radius 2 is 2.12 bits per heavy atom. The topological polar surface area (TPSA) is 53.1 Å². The molecule has 96 valence electrons. The minimum atomic E-state index is 0.677. The Balaban J connectivity index is 1.63. The highest BCUT2D eigenvalue weighted by atomic mass is 16.5. The number of nitrogens with two attached hydrogens (primary N) is 1. The first kappa shape index (κ1) is 12.6. The lowest BCUT2D eigenvalue weighted by Gasteiger charge is -2.30. The minimum Gasteiger partial charge on any atom is -0.379 e. The number of hydrogen-bond acceptors (Lipinski definition) is 3. The van der Waals surface area contributed by atoms with Crippen LogP contribution < -0.4 is 5.73 Å². The van der Waals surface area contributed by atoms with Crippen molar-refractivity contribution in [1.29, 1.82) is 0 Å². The van der Waals surface area contributed by atoms with Crippen molar-refractivity contribution in [3.8, 4) is 0 Å². The van der Waals surface area contributed by atoms with Crippen LogP contribution in [0, 0.1) is 11.8 Å². The number of ether oxygens (including phenoxy) is 1. The second-order valence-corrected chi connectivity index (χ2v) is 4.92. The van der Waals surface area contributed by atoms with Gasteiger partial charge < -0.3 is 15.0 Å². The molecule has 1 aromatic heterocycles. The molecule has 2 rings (SSSR count). The number of imidazole rings is 1. The van der Waals surface area contributed by atoms with Gasteiger partial charge in [0.05, 0.1) is 12.9 Å². The van der Waals surface area contributed by atoms with Gasteiger partial charge in [0, 0.05) is 25.5 Å². The molecule has 4 heteroatoms. The third-order valence-electron chi connectivity index (χ3n) is 3.75. The number of rotatable bonds is 6. The van der Waals surface area contributed by atoms with E-state index in [0.29, 0.717) is 11.8 Å². The fourth-order valence-electron chi connectivity index (χ4n) is 2.64. The van der Waals surface area contributed by atoms with Crippen molar-refractivity contribution in [1.82, 2.24) is 9.55 Å². The van der Waals surface area contributed by atoms with E-state index in [2.05, 4.69) is 4.98 Å². The number of hydrogen-bond donors (Lipinski definition) is 1. The highest BCUT2D eigenvalue weighted by Crippen LogP contribution is 2.29. The van der Waals surface area contributed by atoms with Gasteiger partial charge in [-0.2, -0.15) is 0 Å². The van der Waals surface area contributed by atoms with Crippen LogP contribution in [0.25, 0.3) is 0 Å². The van der Waals surface area contributed by atoms with Gasteiger partial charge in [0.1, 0.15) is 0 Å². The summed E-state index contributed by atoms with van der Waals surface area (Å²) in [5, 5.41) is 0. The third-order valence-corrected chi connectivity index (χ3v) is 3.75. The highest BCUT2D eigenvalue weighted by molar-refractivity contribution is 4.76. The second kappa shape index (κ2) is 6.77. The Labute approximate surface area is 103 Å². The van der Waals surface area contributed by atoms with E-state index in [1.165, 1.54) is 25.7 Å². The van der Waals surface area contributed by atoms with E-state index in [9.17, 15) is 0 Å². The summed E-state index contributed by atoms with van der Waals surface area (Å²) in [5.41, 5.74) is 5.81. The fourth-order valence-corrected chi connectivity index (χ4v) is 2.64. The summed E-state index contributed by atoms with van der Waals surface area (Å²) in [5.74, 6) is 1.36. The van der Waals surface area contributed by atoms with Crippen molar-refractivity contribution in [2.24, 2.45) is 17.6 Å². The molecule has 4 nitrogen and oxygen atoms in total. The van der Waals surface area contributed by atoms with Gasteiger partial charge in [0.15, 0.2) is 0 Å². The molecule has 1 aliphatic rings. The zero-order valence-electron chi connectivity index (χ0n) is 10.4. The van der Waals surface area contributed by atoms with Gasteiger partial charge in [-0.25, -0.2) is 4.98 Å². The van der Waals surface area contributed by atoms with Gasteiger partial charge in [-0.1, -0.05) is 12.8 Å². The van der Waals surface area contributed by atoms with Gasteiger partial charge >= 0.3 is 0 Å². The zero-order valence-corrected chi connectivity index (χ0v) is 10.4. The van der Waals surface area contributed by atoms with Crippen LogP contribution in [0.2, 0.25) is 0 Å². The standard InChI is InChI=1S/C13H23N3O/c14-9-12-3-1-2-4-13(12)10-17-8-7-16-6-5-15-11-16/h5-6,11-13H,1-4,7-10,14H2. The maximum absolute atomic E-state index is 5.81. The molecule has 17 heavy (non-hydrogen) atoms. The quantitative estimate of drug-likeness (QED) is 0.766. The molecule has 0 aromatic carbocycles. The minimum absolute atomic E-state index is 0.677. The predicted molar refractivity (Wildman–Crippen MR) is 67.5 cm³/mol. The molecule has 0 amide bonds. The third kappa shape index (κ3) is 3.82. The monoisotopic (exact) mass is 237 g/mol. The smallest absolute Gasteiger partial charge is 0.0946 e. The second-order valence-electron chi connectivity index (χ2n) is 4.92. The van der Waals surface area contributed by atoms with Crippen LogP contribution >= 0.6 is 0 Å². The molecule has 2 N–H and O–H groups in total. The molecule has 0 bridgehead atoms. The molecule has 0 aliphatic heterocycles. The summed E-state index contributed by atoms with van der Waals surface area (Å²) in [6.07, 6.45) is 10.8. The van der Waals surface area contributed by atoms with Crippen LogP contribution in [-0.2, 0) is 11.3 Å². The zero-order chi connectivity index (χ0) is 11.9. The largest absolute Gasteiger partial charge is 0.379 e. The van der Waals surface area contributed by atoms with Crippen molar-refractivity contribution in [3.05, 3.63) is 18.7 Å². The van der Waals surface area contributed by atoms with E-state index in [1.807, 2.05) is 17.1 Å². The van der Waals surface area contributed by atoms with Gasteiger partial charge in [-0.15, -0.1) is 0 Å². The summed E-state index contributed by atoms with van der Waals surface area (Å²) in [7, 11) is 0. The molecule has 0 saturated heterocycles. The molecular weight excluding hydrogens is 214 g/mol. The molecule has 2 atom stereocenters. The molecule has 1 fully saturated rings. The lowest BCUT2D eigenvalue weighted by atomic mass is 9.80. The Morgan fingerprint density at radius 1 is 1.29 bits per heavy atom. The van der Waals surface area contributed by atoms with E-state index in [1.54, 1.807) is 6.20 Å². The summed E-state index contributed by atoms with van der Waals surface area (Å²) in [6.45, 7) is 3.34. The fraction of sp³-hybridized carbons (Fsp3) is 0.769. The van der Waals surface area contributed by atoms with Crippen molar-refractivity contribution < 1.29 is 4.74 Å². The molecule has 1 aliphatic carbocycles. The first-order chi connectivity index (χ1) is 8.40. The van der Waals surface area contributed by atoms with Crippen molar-refractivity contribution in [3.63, 3.8) is 0 Å². The molecule has 2 unspecified atom stereocenters. The molecule has 1 saturated carbocycles. The summed E-state index contributed by atoms with van der Waals surface area (Å²) in [6, 6.07) is 0. The van der Waals surface area contributed by atoms with Crippen LogP contribution in [0.3, 0.4) is 0 Å². The van der Waals surface area contributed by atoms with Crippen LogP contribution in [0.1, 0.15) is 25.7 Å². The van der Waals surface area contributed by atoms with Gasteiger partial charge in [-0.05, 0) is 31.2 Å². The van der Waals surface area contributed by atoms with Crippen LogP contribution in [0.5, 0.6) is 0 Å². The Morgan fingerprint density at radius 3 is 2.82 bits per heavy atom. The van der Waals surface area contributed by atoms with E-state index < -0.39 is 0 Å². The van der Waals surface area contributed by atoms with Crippen LogP contribution in [0.15, 0.2) is 18.7 Å². The Hall–Kier alpha value is -0.870. The summed E-state index contributed by atoms with van der Waals surface area (Å²) < 4.78 is 7.82. The summed E-state index contributed by atoms with van der Waals surface area (Å²) >= 11 is 0. The van der Waals surface area contributed by atoms with Gasteiger partial charge in [0.2, 0.25) is 0 Å². The van der Waals surface area contributed by atoms with E-state index in [0.717, 1.165) is 26.3 Å². The van der Waals surface area contributed by atoms with Crippen molar-refractivity contribution in [2.45, 2.75) is 32.2 Å². The molecule has 1 heterocycles. The Kier molecular flexibility index (Phi) is 5.01. The summed E-state index contributed by atoms with van der Waals surface area (Å²) in [4.78, 5) is 4.01. The van der Waals surface area contributed by atoms with Crippen LogP contribution in [-0.4, -0.2) is 29.3 Å². The average Bonchev–Trinajstić information content (AvgIpc) is 2.88. The lowest BCUT2D eigenvalue weighted by molar-refractivity contribution is 0.0568. The lowest BCUT2D eigenvalue weighted by Crippen LogP contribution is -2.30. The average molecular weight is 237 g/mol. The SMILES string of the molecule is NCC1CCCCC1COCCn1ccnc1. The number of nitrogens with zero attached hydrogens (tertiary/aromatic N) is 2. The molecule has 1 aromatic rings. The predicted octanol–water partition coefficient (Wildman–Crippen LogP) is 1.66. The molecule has 0 radical (unpaired) electrons. The molecule has 0 spiro atoms. The van der Waals surface area contributed by atoms with Crippen molar-refractivity contribution in [2.75, 3.05) is 19.8 Å². The van der Waals surface area contributed by atoms with Crippen LogP contribution in [0.4, 0.5) is 0 Å². The first-order valence-electron chi connectivity index (χ1n) is 6.63. The number of aromatic nitrogens is 2. The highest BCUT2D eigenvalue weighted by Gasteiger charge is 2.23. The molecular formula is C13H23N3O. The Bertz CT molecular complexity index is 300. The maximum Gasteiger partial charge on any atom is 0.0946 e. The van der Waals surface area contributed by atoms with E-state index in [-0.39, 0.29) is 0 Å². The first-order valence-corrected chi connectivity index (χ1v) is 6.63.